The van der Waals surface area contributed by atoms with Crippen LogP contribution in [-0.4, -0.2) is 20.5 Å². The molecule has 0 saturated carbocycles. The molecule has 8 heteroatoms. The van der Waals surface area contributed by atoms with Crippen LogP contribution in [0.15, 0.2) is 51.9 Å². The van der Waals surface area contributed by atoms with Crippen molar-refractivity contribution >= 4 is 39.1 Å². The van der Waals surface area contributed by atoms with Crippen LogP contribution in [0.5, 0.6) is 5.75 Å². The maximum atomic E-state index is 12.1. The van der Waals surface area contributed by atoms with E-state index in [1.54, 1.807) is 18.3 Å². The van der Waals surface area contributed by atoms with E-state index in [1.807, 2.05) is 0 Å². The number of fused-ring (bicyclic) bond motifs is 1. The Bertz CT molecular complexity index is 1000. The van der Waals surface area contributed by atoms with Gasteiger partial charge in [-0.05, 0) is 46.3 Å². The van der Waals surface area contributed by atoms with E-state index in [0.717, 1.165) is 4.47 Å². The Morgan fingerprint density at radius 2 is 2.08 bits per heavy atom. The molecule has 0 saturated heterocycles. The summed E-state index contributed by atoms with van der Waals surface area (Å²) in [6.07, 6.45) is 1.60. The number of hydrogen-bond donors (Lipinski definition) is 1. The number of phenolic OH excluding ortho intramolecular Hbond substituents is 1. The zero-order valence-electron chi connectivity index (χ0n) is 12.1. The number of ether oxygens (including phenoxy) is 1. The van der Waals surface area contributed by atoms with Gasteiger partial charge in [-0.3, -0.25) is 9.20 Å². The molecule has 0 fully saturated rings. The second-order valence-electron chi connectivity index (χ2n) is 4.90. The normalized spacial score (nSPS) is 10.8. The summed E-state index contributed by atoms with van der Waals surface area (Å²) in [7, 11) is 0. The van der Waals surface area contributed by atoms with Crippen LogP contribution >= 0.6 is 27.5 Å². The highest BCUT2D eigenvalue weighted by Gasteiger charge is 2.14. The highest BCUT2D eigenvalue weighted by atomic mass is 79.9. The summed E-state index contributed by atoms with van der Waals surface area (Å²) in [6, 6.07) is 8.78. The van der Waals surface area contributed by atoms with Crippen LogP contribution in [0, 0.1) is 0 Å². The Morgan fingerprint density at radius 3 is 2.83 bits per heavy atom. The van der Waals surface area contributed by atoms with Crippen LogP contribution in [-0.2, 0) is 11.3 Å². The Labute approximate surface area is 149 Å². The maximum absolute atomic E-state index is 12.1. The fraction of sp³-hybridized carbons (Fsp3) is 0.0625. The van der Waals surface area contributed by atoms with E-state index in [9.17, 15) is 14.7 Å². The van der Waals surface area contributed by atoms with Gasteiger partial charge in [-0.2, -0.15) is 0 Å². The number of phenols is 1. The first kappa shape index (κ1) is 16.5. The molecule has 0 amide bonds. The van der Waals surface area contributed by atoms with E-state index in [-0.39, 0.29) is 23.5 Å². The number of esters is 1. The molecule has 0 radical (unpaired) electrons. The minimum absolute atomic E-state index is 0.0131. The van der Waals surface area contributed by atoms with E-state index in [1.165, 1.54) is 28.7 Å². The molecule has 0 bridgehead atoms. The SMILES string of the molecule is O=C(OCc1cc(=O)n2cc(Br)ccc2n1)c1ccc(Cl)cc1O. The highest BCUT2D eigenvalue weighted by molar-refractivity contribution is 9.10. The maximum Gasteiger partial charge on any atom is 0.342 e. The van der Waals surface area contributed by atoms with Gasteiger partial charge in [0.15, 0.2) is 0 Å². The number of aromatic hydroxyl groups is 1. The minimum Gasteiger partial charge on any atom is -0.507 e. The zero-order valence-corrected chi connectivity index (χ0v) is 14.4. The second-order valence-corrected chi connectivity index (χ2v) is 6.25. The van der Waals surface area contributed by atoms with E-state index in [4.69, 9.17) is 16.3 Å². The van der Waals surface area contributed by atoms with Crippen LogP contribution in [0.1, 0.15) is 16.1 Å². The van der Waals surface area contributed by atoms with Crippen LogP contribution < -0.4 is 5.56 Å². The van der Waals surface area contributed by atoms with Gasteiger partial charge in [0.05, 0.1) is 5.69 Å². The Balaban J connectivity index is 1.81. The summed E-state index contributed by atoms with van der Waals surface area (Å²) in [5, 5.41) is 10.0. The Morgan fingerprint density at radius 1 is 1.29 bits per heavy atom. The zero-order chi connectivity index (χ0) is 17.3. The molecule has 0 unspecified atom stereocenters. The van der Waals surface area contributed by atoms with Gasteiger partial charge in [0, 0.05) is 21.8 Å². The molecule has 3 aromatic rings. The summed E-state index contributed by atoms with van der Waals surface area (Å²) in [5.41, 5.74) is 0.442. The molecule has 0 aliphatic carbocycles. The number of rotatable bonds is 3. The molecule has 122 valence electrons. The third-order valence-electron chi connectivity index (χ3n) is 3.21. The number of carbonyl (C=O) groups excluding carboxylic acids is 1. The Hall–Kier alpha value is -2.38. The summed E-state index contributed by atoms with van der Waals surface area (Å²) >= 11 is 9.00. The lowest BCUT2D eigenvalue weighted by Gasteiger charge is -2.07. The summed E-state index contributed by atoms with van der Waals surface area (Å²) in [4.78, 5) is 28.3. The molecule has 0 spiro atoms. The third kappa shape index (κ3) is 3.42. The van der Waals surface area contributed by atoms with Crippen molar-refractivity contribution in [1.82, 2.24) is 9.38 Å². The van der Waals surface area contributed by atoms with Gasteiger partial charge in [0.25, 0.3) is 5.56 Å². The molecule has 3 rings (SSSR count). The molecule has 0 aliphatic rings. The average molecular weight is 410 g/mol. The minimum atomic E-state index is -0.734. The van der Waals surface area contributed by atoms with Gasteiger partial charge in [-0.15, -0.1) is 0 Å². The molecule has 0 atom stereocenters. The number of hydrogen-bond acceptors (Lipinski definition) is 5. The van der Waals surface area contributed by atoms with Crippen LogP contribution in [0.25, 0.3) is 5.65 Å². The van der Waals surface area contributed by atoms with Gasteiger partial charge < -0.3 is 9.84 Å². The van der Waals surface area contributed by atoms with Crippen molar-refractivity contribution in [3.05, 3.63) is 73.7 Å². The molecule has 6 nitrogen and oxygen atoms in total. The standard InChI is InChI=1S/C16H10BrClN2O4/c17-9-1-4-14-19-11(6-15(22)20(14)7-9)8-24-16(23)12-3-2-10(18)5-13(12)21/h1-7,21H,8H2. The number of nitrogens with zero attached hydrogens (tertiary/aromatic N) is 2. The number of halogens is 2. The predicted octanol–water partition coefficient (Wildman–Crippen LogP) is 3.17. The topological polar surface area (TPSA) is 80.9 Å². The highest BCUT2D eigenvalue weighted by Crippen LogP contribution is 2.22. The monoisotopic (exact) mass is 408 g/mol. The van der Waals surface area contributed by atoms with Crippen molar-refractivity contribution in [2.45, 2.75) is 6.61 Å². The lowest BCUT2D eigenvalue weighted by Crippen LogP contribution is -2.16. The molecule has 2 heterocycles. The number of benzene rings is 1. The van der Waals surface area contributed by atoms with Crippen LogP contribution in [0.4, 0.5) is 0 Å². The van der Waals surface area contributed by atoms with Crippen molar-refractivity contribution in [3.8, 4) is 5.75 Å². The summed E-state index contributed by atoms with van der Waals surface area (Å²) < 4.78 is 7.22. The van der Waals surface area contributed by atoms with E-state index in [0.29, 0.717) is 16.4 Å². The third-order valence-corrected chi connectivity index (χ3v) is 3.91. The summed E-state index contributed by atoms with van der Waals surface area (Å²) in [6.45, 7) is -0.192. The predicted molar refractivity (Wildman–Crippen MR) is 91.4 cm³/mol. The quantitative estimate of drug-likeness (QED) is 0.672. The first-order chi connectivity index (χ1) is 11.4. The van der Waals surface area contributed by atoms with Crippen molar-refractivity contribution < 1.29 is 14.6 Å². The lowest BCUT2D eigenvalue weighted by atomic mass is 10.2. The van der Waals surface area contributed by atoms with Gasteiger partial charge in [-0.1, -0.05) is 11.6 Å². The fourth-order valence-corrected chi connectivity index (χ4v) is 2.60. The van der Waals surface area contributed by atoms with E-state index in [2.05, 4.69) is 20.9 Å². The van der Waals surface area contributed by atoms with Crippen LogP contribution in [0.3, 0.4) is 0 Å². The van der Waals surface area contributed by atoms with Gasteiger partial charge in [-0.25, -0.2) is 9.78 Å². The molecular formula is C16H10BrClN2O4. The number of carbonyl (C=O) groups is 1. The molecule has 24 heavy (non-hydrogen) atoms. The fourth-order valence-electron chi connectivity index (χ4n) is 2.09. The molecular weight excluding hydrogens is 400 g/mol. The van der Waals surface area contributed by atoms with Crippen LogP contribution in [0.2, 0.25) is 5.02 Å². The first-order valence-electron chi connectivity index (χ1n) is 6.77. The van der Waals surface area contributed by atoms with Crippen molar-refractivity contribution in [1.29, 1.82) is 0 Å². The number of aromatic nitrogens is 2. The van der Waals surface area contributed by atoms with E-state index < -0.39 is 5.97 Å². The average Bonchev–Trinajstić information content (AvgIpc) is 2.53. The number of pyridine rings is 1. The van der Waals surface area contributed by atoms with Gasteiger partial charge >= 0.3 is 5.97 Å². The Kier molecular flexibility index (Phi) is 4.55. The van der Waals surface area contributed by atoms with E-state index >= 15 is 0 Å². The second kappa shape index (κ2) is 6.62. The molecule has 1 aromatic carbocycles. The van der Waals surface area contributed by atoms with Gasteiger partial charge in [0.2, 0.25) is 0 Å². The molecule has 0 aliphatic heterocycles. The van der Waals surface area contributed by atoms with Crippen molar-refractivity contribution in [3.63, 3.8) is 0 Å². The van der Waals surface area contributed by atoms with Crippen molar-refractivity contribution in [2.75, 3.05) is 0 Å². The smallest absolute Gasteiger partial charge is 0.342 e. The van der Waals surface area contributed by atoms with Gasteiger partial charge in [0.1, 0.15) is 23.6 Å². The molecule has 1 N–H and O–H groups in total. The largest absolute Gasteiger partial charge is 0.507 e. The lowest BCUT2D eigenvalue weighted by molar-refractivity contribution is 0.0464. The summed E-state index contributed by atoms with van der Waals surface area (Å²) in [5.74, 6) is -1.01. The molecule has 2 aromatic heterocycles. The first-order valence-corrected chi connectivity index (χ1v) is 7.94. The van der Waals surface area contributed by atoms with Crippen molar-refractivity contribution in [2.24, 2.45) is 0 Å².